The molecule has 3 rings (SSSR count). The Hall–Kier alpha value is -2.75. The molecule has 0 saturated carbocycles. The topological polar surface area (TPSA) is 37.3 Å². The number of para-hydroxylation sites is 1. The number of halogens is 1. The molecule has 3 aromatic rings. The van der Waals surface area contributed by atoms with Crippen molar-refractivity contribution in [2.24, 2.45) is 5.10 Å². The summed E-state index contributed by atoms with van der Waals surface area (Å²) in [6.07, 6.45) is 3.31. The van der Waals surface area contributed by atoms with Gasteiger partial charge in [-0.15, -0.1) is 0 Å². The fourth-order valence-electron chi connectivity index (χ4n) is 1.96. The Bertz CT molecular complexity index is 763. The smallest absolute Gasteiger partial charge is 0.123 e. The van der Waals surface area contributed by atoms with Gasteiger partial charge < -0.3 is 0 Å². The highest BCUT2D eigenvalue weighted by atomic mass is 19.1. The van der Waals surface area contributed by atoms with Crippen molar-refractivity contribution >= 4 is 22.8 Å². The van der Waals surface area contributed by atoms with Gasteiger partial charge in [0.15, 0.2) is 0 Å². The number of hydrogen-bond acceptors (Lipinski definition) is 3. The molecule has 0 aliphatic rings. The maximum absolute atomic E-state index is 13.0. The molecule has 0 radical (unpaired) electrons. The fourth-order valence-corrected chi connectivity index (χ4v) is 1.96. The number of fused-ring (bicyclic) bond motifs is 1. The molecule has 4 heteroatoms. The molecule has 98 valence electrons. The van der Waals surface area contributed by atoms with Gasteiger partial charge in [0.05, 0.1) is 17.4 Å². The molecule has 1 N–H and O–H groups in total. The van der Waals surface area contributed by atoms with Crippen LogP contribution in [0.3, 0.4) is 0 Å². The Morgan fingerprint density at radius 1 is 1.05 bits per heavy atom. The second-order valence-corrected chi connectivity index (χ2v) is 4.31. The van der Waals surface area contributed by atoms with Gasteiger partial charge in [0, 0.05) is 11.6 Å². The molecule has 0 fully saturated rings. The molecule has 20 heavy (non-hydrogen) atoms. The second kappa shape index (κ2) is 5.48. The van der Waals surface area contributed by atoms with Crippen LogP contribution in [-0.2, 0) is 0 Å². The normalized spacial score (nSPS) is 11.1. The van der Waals surface area contributed by atoms with Gasteiger partial charge in [-0.3, -0.25) is 10.4 Å². The van der Waals surface area contributed by atoms with E-state index in [0.717, 1.165) is 16.6 Å². The average molecular weight is 265 g/mol. The van der Waals surface area contributed by atoms with Crippen LogP contribution in [0.4, 0.5) is 10.1 Å². The van der Waals surface area contributed by atoms with Gasteiger partial charge in [-0.25, -0.2) is 4.39 Å². The standard InChI is InChI=1S/C16H12FN3/c17-14-7-1-4-12(10-14)11-19-20-15-8-2-5-13-6-3-9-18-16(13)15/h1-11,20H/b19-11+. The van der Waals surface area contributed by atoms with Crippen molar-refractivity contribution in [3.05, 3.63) is 72.2 Å². The lowest BCUT2D eigenvalue weighted by molar-refractivity contribution is 0.627. The molecule has 0 spiro atoms. The van der Waals surface area contributed by atoms with Crippen LogP contribution in [0.1, 0.15) is 5.56 Å². The third-order valence-corrected chi connectivity index (χ3v) is 2.88. The molecule has 1 aromatic heterocycles. The fraction of sp³-hybridized carbons (Fsp3) is 0. The Morgan fingerprint density at radius 3 is 2.80 bits per heavy atom. The van der Waals surface area contributed by atoms with Crippen LogP contribution in [-0.4, -0.2) is 11.2 Å². The number of aromatic nitrogens is 1. The minimum absolute atomic E-state index is 0.277. The zero-order chi connectivity index (χ0) is 13.8. The monoisotopic (exact) mass is 265 g/mol. The molecular weight excluding hydrogens is 253 g/mol. The highest BCUT2D eigenvalue weighted by Gasteiger charge is 1.99. The molecule has 0 aliphatic heterocycles. The summed E-state index contributed by atoms with van der Waals surface area (Å²) in [7, 11) is 0. The molecule has 0 atom stereocenters. The molecule has 0 aliphatic carbocycles. The van der Waals surface area contributed by atoms with Crippen LogP contribution in [0.2, 0.25) is 0 Å². The molecule has 1 heterocycles. The van der Waals surface area contributed by atoms with Crippen molar-refractivity contribution in [2.45, 2.75) is 0 Å². The Morgan fingerprint density at radius 2 is 1.90 bits per heavy atom. The molecular formula is C16H12FN3. The van der Waals surface area contributed by atoms with Crippen LogP contribution in [0.15, 0.2) is 65.9 Å². The minimum atomic E-state index is -0.277. The largest absolute Gasteiger partial charge is 0.276 e. The summed E-state index contributed by atoms with van der Waals surface area (Å²) in [4.78, 5) is 4.32. The number of hydrogen-bond donors (Lipinski definition) is 1. The van der Waals surface area contributed by atoms with E-state index in [-0.39, 0.29) is 5.82 Å². The lowest BCUT2D eigenvalue weighted by Gasteiger charge is -2.04. The first-order valence-corrected chi connectivity index (χ1v) is 6.21. The zero-order valence-electron chi connectivity index (χ0n) is 10.6. The predicted octanol–water partition coefficient (Wildman–Crippen LogP) is 3.82. The number of nitrogens with zero attached hydrogens (tertiary/aromatic N) is 2. The van der Waals surface area contributed by atoms with Crippen LogP contribution >= 0.6 is 0 Å². The third kappa shape index (κ3) is 2.64. The summed E-state index contributed by atoms with van der Waals surface area (Å²) in [6.45, 7) is 0. The lowest BCUT2D eigenvalue weighted by atomic mass is 10.2. The summed E-state index contributed by atoms with van der Waals surface area (Å²) in [6, 6.07) is 16.0. The van der Waals surface area contributed by atoms with E-state index in [9.17, 15) is 4.39 Å². The highest BCUT2D eigenvalue weighted by Crippen LogP contribution is 2.20. The van der Waals surface area contributed by atoms with Crippen molar-refractivity contribution in [1.82, 2.24) is 4.98 Å². The number of benzene rings is 2. The molecule has 2 aromatic carbocycles. The number of rotatable bonds is 3. The van der Waals surface area contributed by atoms with E-state index < -0.39 is 0 Å². The Balaban J connectivity index is 1.84. The van der Waals surface area contributed by atoms with Crippen molar-refractivity contribution < 1.29 is 4.39 Å². The van der Waals surface area contributed by atoms with Gasteiger partial charge in [0.25, 0.3) is 0 Å². The molecule has 0 amide bonds. The number of pyridine rings is 1. The Kier molecular flexibility index (Phi) is 3.37. The van der Waals surface area contributed by atoms with E-state index in [4.69, 9.17) is 0 Å². The first-order valence-electron chi connectivity index (χ1n) is 6.21. The van der Waals surface area contributed by atoms with Gasteiger partial charge in [-0.05, 0) is 29.8 Å². The van der Waals surface area contributed by atoms with E-state index in [2.05, 4.69) is 15.5 Å². The van der Waals surface area contributed by atoms with Crippen molar-refractivity contribution in [2.75, 3.05) is 5.43 Å². The summed E-state index contributed by atoms with van der Waals surface area (Å²) in [5.74, 6) is -0.277. The van der Waals surface area contributed by atoms with E-state index in [1.807, 2.05) is 30.3 Å². The maximum atomic E-state index is 13.0. The number of anilines is 1. The SMILES string of the molecule is Fc1cccc(/C=N/Nc2cccc3cccnc23)c1. The second-order valence-electron chi connectivity index (χ2n) is 4.31. The summed E-state index contributed by atoms with van der Waals surface area (Å²) >= 11 is 0. The van der Waals surface area contributed by atoms with Crippen LogP contribution in [0.5, 0.6) is 0 Å². The summed E-state index contributed by atoms with van der Waals surface area (Å²) < 4.78 is 13.0. The highest BCUT2D eigenvalue weighted by molar-refractivity contribution is 5.90. The van der Waals surface area contributed by atoms with Crippen molar-refractivity contribution in [1.29, 1.82) is 0 Å². The van der Waals surface area contributed by atoms with Crippen LogP contribution in [0, 0.1) is 5.82 Å². The van der Waals surface area contributed by atoms with Gasteiger partial charge in [0.2, 0.25) is 0 Å². The van der Waals surface area contributed by atoms with E-state index in [1.165, 1.54) is 12.1 Å². The van der Waals surface area contributed by atoms with Crippen LogP contribution < -0.4 is 5.43 Å². The van der Waals surface area contributed by atoms with Crippen LogP contribution in [0.25, 0.3) is 10.9 Å². The van der Waals surface area contributed by atoms with Gasteiger partial charge in [-0.2, -0.15) is 5.10 Å². The van der Waals surface area contributed by atoms with Crippen molar-refractivity contribution in [3.63, 3.8) is 0 Å². The van der Waals surface area contributed by atoms with Crippen molar-refractivity contribution in [3.8, 4) is 0 Å². The quantitative estimate of drug-likeness (QED) is 0.577. The van der Waals surface area contributed by atoms with E-state index >= 15 is 0 Å². The molecule has 0 saturated heterocycles. The maximum Gasteiger partial charge on any atom is 0.123 e. The predicted molar refractivity (Wildman–Crippen MR) is 79.4 cm³/mol. The van der Waals surface area contributed by atoms with Gasteiger partial charge in [0.1, 0.15) is 5.82 Å². The zero-order valence-corrected chi connectivity index (χ0v) is 10.6. The number of hydrazone groups is 1. The number of nitrogens with one attached hydrogen (secondary N) is 1. The first-order chi connectivity index (χ1) is 9.83. The lowest BCUT2D eigenvalue weighted by Crippen LogP contribution is -1.93. The van der Waals surface area contributed by atoms with Gasteiger partial charge in [-0.1, -0.05) is 30.3 Å². The molecule has 3 nitrogen and oxygen atoms in total. The summed E-state index contributed by atoms with van der Waals surface area (Å²) in [5, 5.41) is 5.16. The minimum Gasteiger partial charge on any atom is -0.276 e. The summed E-state index contributed by atoms with van der Waals surface area (Å²) in [5.41, 5.74) is 5.31. The van der Waals surface area contributed by atoms with E-state index in [0.29, 0.717) is 5.56 Å². The first kappa shape index (κ1) is 12.3. The molecule has 0 bridgehead atoms. The third-order valence-electron chi connectivity index (χ3n) is 2.88. The Labute approximate surface area is 115 Å². The molecule has 0 unspecified atom stereocenters. The average Bonchev–Trinajstić information content (AvgIpc) is 2.48. The van der Waals surface area contributed by atoms with E-state index in [1.54, 1.807) is 24.5 Å². The van der Waals surface area contributed by atoms with Gasteiger partial charge >= 0.3 is 0 Å².